The summed E-state index contributed by atoms with van der Waals surface area (Å²) in [4.78, 5) is 11.7. The van der Waals surface area contributed by atoms with Crippen molar-refractivity contribution in [2.24, 2.45) is 0 Å². The fourth-order valence-electron chi connectivity index (χ4n) is 2.89. The predicted molar refractivity (Wildman–Crippen MR) is 67.8 cm³/mol. The third-order valence-corrected chi connectivity index (χ3v) is 3.96. The van der Waals surface area contributed by atoms with Crippen molar-refractivity contribution in [1.29, 1.82) is 0 Å². The molecule has 2 fully saturated rings. The van der Waals surface area contributed by atoms with Crippen LogP contribution < -0.4 is 5.32 Å². The Balaban J connectivity index is 1.59. The third-order valence-electron chi connectivity index (χ3n) is 3.96. The number of hydrogen-bond acceptors (Lipinski definition) is 3. The Kier molecular flexibility index (Phi) is 5.30. The van der Waals surface area contributed by atoms with Gasteiger partial charge in [-0.25, -0.2) is 0 Å². The Bertz CT molecular complexity index is 230. The zero-order valence-corrected chi connectivity index (χ0v) is 10.7. The zero-order chi connectivity index (χ0) is 11.9. The summed E-state index contributed by atoms with van der Waals surface area (Å²) in [5.41, 5.74) is 0. The lowest BCUT2D eigenvalue weighted by molar-refractivity contribution is -0.150. The van der Waals surface area contributed by atoms with Gasteiger partial charge in [0.05, 0.1) is 0 Å². The first-order valence-electron chi connectivity index (χ1n) is 7.27. The van der Waals surface area contributed by atoms with Gasteiger partial charge in [0.2, 0.25) is 0 Å². The van der Waals surface area contributed by atoms with Crippen LogP contribution in [0, 0.1) is 0 Å². The number of piperidine rings is 1. The predicted octanol–water partition coefficient (Wildman–Crippen LogP) is 2.78. The van der Waals surface area contributed by atoms with E-state index in [-0.39, 0.29) is 12.1 Å². The van der Waals surface area contributed by atoms with Gasteiger partial charge in [0.25, 0.3) is 0 Å². The molecule has 3 heteroatoms. The molecule has 3 nitrogen and oxygen atoms in total. The highest BCUT2D eigenvalue weighted by Crippen LogP contribution is 2.21. The molecule has 1 aliphatic heterocycles. The second-order valence-corrected chi connectivity index (χ2v) is 5.44. The van der Waals surface area contributed by atoms with Crippen molar-refractivity contribution in [2.75, 3.05) is 6.54 Å². The van der Waals surface area contributed by atoms with E-state index in [4.69, 9.17) is 4.74 Å². The average molecular weight is 239 g/mol. The van der Waals surface area contributed by atoms with Gasteiger partial charge >= 0.3 is 5.97 Å². The van der Waals surface area contributed by atoms with Crippen LogP contribution in [0.2, 0.25) is 0 Å². The smallest absolute Gasteiger partial charge is 0.306 e. The Morgan fingerprint density at radius 2 is 1.82 bits per heavy atom. The molecule has 1 N–H and O–H groups in total. The summed E-state index contributed by atoms with van der Waals surface area (Å²) in [7, 11) is 0. The number of nitrogens with one attached hydrogen (secondary N) is 1. The lowest BCUT2D eigenvalue weighted by Gasteiger charge is -2.24. The van der Waals surface area contributed by atoms with Crippen molar-refractivity contribution in [1.82, 2.24) is 5.32 Å². The van der Waals surface area contributed by atoms with Crippen LogP contribution in [-0.4, -0.2) is 24.7 Å². The maximum atomic E-state index is 11.7. The fraction of sp³-hybridized carbons (Fsp3) is 0.929. The number of esters is 1. The highest BCUT2D eigenvalue weighted by Gasteiger charge is 2.19. The number of ether oxygens (including phenoxy) is 1. The van der Waals surface area contributed by atoms with Gasteiger partial charge < -0.3 is 10.1 Å². The van der Waals surface area contributed by atoms with Gasteiger partial charge in [0.15, 0.2) is 0 Å². The minimum absolute atomic E-state index is 0.0178. The van der Waals surface area contributed by atoms with E-state index < -0.39 is 0 Å². The van der Waals surface area contributed by atoms with Crippen LogP contribution in [0.15, 0.2) is 0 Å². The summed E-state index contributed by atoms with van der Waals surface area (Å²) >= 11 is 0. The molecular weight excluding hydrogens is 214 g/mol. The highest BCUT2D eigenvalue weighted by atomic mass is 16.5. The van der Waals surface area contributed by atoms with Crippen LogP contribution in [0.25, 0.3) is 0 Å². The van der Waals surface area contributed by atoms with E-state index in [0.29, 0.717) is 12.5 Å². The van der Waals surface area contributed by atoms with Crippen LogP contribution in [0.4, 0.5) is 0 Å². The molecule has 2 rings (SSSR count). The summed E-state index contributed by atoms with van der Waals surface area (Å²) < 4.78 is 5.52. The molecule has 17 heavy (non-hydrogen) atoms. The number of rotatable bonds is 4. The van der Waals surface area contributed by atoms with E-state index >= 15 is 0 Å². The SMILES string of the molecule is O=C(CCC1CCCCN1)OC1CCCCC1. The fourth-order valence-corrected chi connectivity index (χ4v) is 2.89. The maximum Gasteiger partial charge on any atom is 0.306 e. The van der Waals surface area contributed by atoms with Gasteiger partial charge in [-0.15, -0.1) is 0 Å². The van der Waals surface area contributed by atoms with Gasteiger partial charge in [0, 0.05) is 12.5 Å². The van der Waals surface area contributed by atoms with E-state index in [1.165, 1.54) is 38.5 Å². The molecule has 0 bridgehead atoms. The van der Waals surface area contributed by atoms with E-state index in [1.54, 1.807) is 0 Å². The van der Waals surface area contributed by atoms with E-state index in [2.05, 4.69) is 5.32 Å². The average Bonchev–Trinajstić information content (AvgIpc) is 2.39. The Hall–Kier alpha value is -0.570. The monoisotopic (exact) mass is 239 g/mol. The van der Waals surface area contributed by atoms with Crippen LogP contribution >= 0.6 is 0 Å². The van der Waals surface area contributed by atoms with Gasteiger partial charge in [0.1, 0.15) is 6.10 Å². The molecule has 1 atom stereocenters. The van der Waals surface area contributed by atoms with Crippen LogP contribution in [-0.2, 0) is 9.53 Å². The molecule has 1 saturated heterocycles. The Morgan fingerprint density at radius 1 is 1.06 bits per heavy atom. The summed E-state index contributed by atoms with van der Waals surface area (Å²) in [5, 5.41) is 3.47. The second-order valence-electron chi connectivity index (χ2n) is 5.44. The lowest BCUT2D eigenvalue weighted by atomic mass is 9.97. The molecule has 0 spiro atoms. The molecule has 1 saturated carbocycles. The first-order valence-corrected chi connectivity index (χ1v) is 7.27. The van der Waals surface area contributed by atoms with Crippen molar-refractivity contribution < 1.29 is 9.53 Å². The van der Waals surface area contributed by atoms with E-state index in [9.17, 15) is 4.79 Å². The Morgan fingerprint density at radius 3 is 2.53 bits per heavy atom. The zero-order valence-electron chi connectivity index (χ0n) is 10.7. The van der Waals surface area contributed by atoms with E-state index in [1.807, 2.05) is 0 Å². The molecule has 0 aromatic carbocycles. The summed E-state index contributed by atoms with van der Waals surface area (Å²) in [6, 6.07) is 0.544. The molecule has 1 aliphatic carbocycles. The summed E-state index contributed by atoms with van der Waals surface area (Å²) in [6.45, 7) is 1.11. The molecule has 0 amide bonds. The van der Waals surface area contributed by atoms with Crippen molar-refractivity contribution in [3.8, 4) is 0 Å². The van der Waals surface area contributed by atoms with Gasteiger partial charge in [-0.05, 0) is 51.5 Å². The van der Waals surface area contributed by atoms with Crippen LogP contribution in [0.5, 0.6) is 0 Å². The topological polar surface area (TPSA) is 38.3 Å². The standard InChI is InChI=1S/C14H25NO2/c16-14(17-13-7-2-1-3-8-13)10-9-12-6-4-5-11-15-12/h12-13,15H,1-11H2. The second kappa shape index (κ2) is 7.00. The Labute approximate surface area is 104 Å². The highest BCUT2D eigenvalue weighted by molar-refractivity contribution is 5.69. The molecule has 98 valence electrons. The quantitative estimate of drug-likeness (QED) is 0.767. The lowest BCUT2D eigenvalue weighted by Crippen LogP contribution is -2.34. The molecule has 1 heterocycles. The van der Waals surface area contributed by atoms with Crippen molar-refractivity contribution in [2.45, 2.75) is 76.4 Å². The molecular formula is C14H25NO2. The largest absolute Gasteiger partial charge is 0.462 e. The molecule has 0 aromatic heterocycles. The summed E-state index contributed by atoms with van der Waals surface area (Å²) in [6.07, 6.45) is 11.5. The van der Waals surface area contributed by atoms with E-state index in [0.717, 1.165) is 25.8 Å². The van der Waals surface area contributed by atoms with Crippen molar-refractivity contribution in [3.05, 3.63) is 0 Å². The number of hydrogen-bond donors (Lipinski definition) is 1. The number of carbonyl (C=O) groups excluding carboxylic acids is 1. The van der Waals surface area contributed by atoms with Gasteiger partial charge in [-0.3, -0.25) is 4.79 Å². The van der Waals surface area contributed by atoms with Gasteiger partial charge in [-0.1, -0.05) is 12.8 Å². The molecule has 2 aliphatic rings. The van der Waals surface area contributed by atoms with Crippen LogP contribution in [0.3, 0.4) is 0 Å². The first-order chi connectivity index (χ1) is 8.34. The van der Waals surface area contributed by atoms with Gasteiger partial charge in [-0.2, -0.15) is 0 Å². The van der Waals surface area contributed by atoms with Crippen LogP contribution in [0.1, 0.15) is 64.2 Å². The van der Waals surface area contributed by atoms with Crippen molar-refractivity contribution >= 4 is 5.97 Å². The first kappa shape index (κ1) is 12.9. The number of carbonyl (C=O) groups is 1. The molecule has 0 aromatic rings. The minimum Gasteiger partial charge on any atom is -0.462 e. The molecule has 0 radical (unpaired) electrons. The van der Waals surface area contributed by atoms with Crippen molar-refractivity contribution in [3.63, 3.8) is 0 Å². The summed E-state index contributed by atoms with van der Waals surface area (Å²) in [5.74, 6) is 0.0178. The minimum atomic E-state index is 0.0178. The maximum absolute atomic E-state index is 11.7. The normalized spacial score (nSPS) is 26.7. The third kappa shape index (κ3) is 4.66. The molecule has 1 unspecified atom stereocenters.